The van der Waals surface area contributed by atoms with Gasteiger partial charge < -0.3 is 5.32 Å². The van der Waals surface area contributed by atoms with Gasteiger partial charge in [-0.25, -0.2) is 4.39 Å². The number of piperidine rings is 1. The molecule has 0 bridgehead atoms. The lowest BCUT2D eigenvalue weighted by molar-refractivity contribution is -0.136. The molecule has 1 unspecified atom stereocenters. The Hall–Kier alpha value is -4.37. The molecule has 8 nitrogen and oxygen atoms in total. The molecule has 3 aromatic rings. The third-order valence-electron chi connectivity index (χ3n) is 7.66. The molecule has 1 atom stereocenters. The summed E-state index contributed by atoms with van der Waals surface area (Å²) < 4.78 is 13.5. The number of anilines is 1. The zero-order chi connectivity index (χ0) is 27.1. The normalized spacial score (nSPS) is 19.6. The number of amides is 4. The van der Waals surface area contributed by atoms with Gasteiger partial charge in [-0.2, -0.15) is 0 Å². The zero-order valence-corrected chi connectivity index (χ0v) is 21.2. The number of likely N-dealkylation sites (tertiary alicyclic amines) is 1. The minimum Gasteiger partial charge on any atom is -0.380 e. The molecule has 198 valence electrons. The fourth-order valence-corrected chi connectivity index (χ4v) is 5.55. The van der Waals surface area contributed by atoms with Gasteiger partial charge in [-0.05, 0) is 47.4 Å². The molecular weight excluding hydrogens is 499 g/mol. The van der Waals surface area contributed by atoms with Crippen molar-refractivity contribution in [2.45, 2.75) is 37.9 Å². The van der Waals surface area contributed by atoms with Gasteiger partial charge in [0.25, 0.3) is 11.8 Å². The van der Waals surface area contributed by atoms with Gasteiger partial charge >= 0.3 is 0 Å². The lowest BCUT2D eigenvalue weighted by Gasteiger charge is -2.39. The maximum atomic E-state index is 13.5. The summed E-state index contributed by atoms with van der Waals surface area (Å²) in [5.74, 6) is -1.93. The Kier molecular flexibility index (Phi) is 6.44. The minimum atomic E-state index is -0.994. The molecule has 6 rings (SSSR count). The highest BCUT2D eigenvalue weighted by molar-refractivity contribution is 6.25. The molecule has 39 heavy (non-hydrogen) atoms. The Bertz CT molecular complexity index is 1480. The molecule has 4 amide bonds. The fourth-order valence-electron chi connectivity index (χ4n) is 5.55. The summed E-state index contributed by atoms with van der Waals surface area (Å²) in [5.41, 5.74) is 4.24. The van der Waals surface area contributed by atoms with Crippen molar-refractivity contribution in [2.75, 3.05) is 18.4 Å². The molecule has 3 aliphatic rings. The molecule has 0 radical (unpaired) electrons. The van der Waals surface area contributed by atoms with Crippen molar-refractivity contribution in [3.8, 4) is 0 Å². The van der Waals surface area contributed by atoms with Gasteiger partial charge in [0.1, 0.15) is 11.9 Å². The highest BCUT2D eigenvalue weighted by Crippen LogP contribution is 2.33. The van der Waals surface area contributed by atoms with E-state index in [4.69, 9.17) is 0 Å². The van der Waals surface area contributed by atoms with Crippen LogP contribution >= 0.6 is 0 Å². The van der Waals surface area contributed by atoms with Crippen molar-refractivity contribution in [3.63, 3.8) is 0 Å². The highest BCUT2D eigenvalue weighted by Gasteiger charge is 2.45. The van der Waals surface area contributed by atoms with E-state index >= 15 is 0 Å². The van der Waals surface area contributed by atoms with E-state index in [2.05, 4.69) is 27.7 Å². The van der Waals surface area contributed by atoms with Crippen molar-refractivity contribution in [2.24, 2.45) is 0 Å². The van der Waals surface area contributed by atoms with Gasteiger partial charge in [-0.15, -0.1) is 0 Å². The summed E-state index contributed by atoms with van der Waals surface area (Å²) in [6.07, 6.45) is 0.199. The van der Waals surface area contributed by atoms with Gasteiger partial charge in [-0.1, -0.05) is 42.5 Å². The Morgan fingerprint density at radius 3 is 2.38 bits per heavy atom. The number of fused-ring (bicyclic) bond motifs is 1. The second kappa shape index (κ2) is 10.1. The second-order valence-electron chi connectivity index (χ2n) is 10.3. The van der Waals surface area contributed by atoms with Crippen molar-refractivity contribution < 1.29 is 23.6 Å². The van der Waals surface area contributed by atoms with E-state index in [0.717, 1.165) is 35.7 Å². The zero-order valence-electron chi connectivity index (χ0n) is 21.2. The monoisotopic (exact) mass is 526 g/mol. The van der Waals surface area contributed by atoms with E-state index in [0.29, 0.717) is 18.2 Å². The number of carbonyl (C=O) groups excluding carboxylic acids is 4. The van der Waals surface area contributed by atoms with Crippen LogP contribution in [0.15, 0.2) is 66.7 Å². The van der Waals surface area contributed by atoms with Crippen LogP contribution in [0.4, 0.5) is 10.1 Å². The van der Waals surface area contributed by atoms with Crippen LogP contribution in [-0.4, -0.2) is 52.6 Å². The highest BCUT2D eigenvalue weighted by atomic mass is 19.1. The molecule has 2 saturated heterocycles. The third kappa shape index (κ3) is 4.81. The first-order valence-corrected chi connectivity index (χ1v) is 13.0. The first-order valence-electron chi connectivity index (χ1n) is 13.0. The van der Waals surface area contributed by atoms with E-state index in [1.54, 1.807) is 30.3 Å². The van der Waals surface area contributed by atoms with E-state index in [1.165, 1.54) is 11.6 Å². The Morgan fingerprint density at radius 1 is 0.897 bits per heavy atom. The predicted octanol–water partition coefficient (Wildman–Crippen LogP) is 3.44. The Morgan fingerprint density at radius 2 is 1.64 bits per heavy atom. The molecular formula is C30H27FN4O4. The molecule has 3 heterocycles. The maximum absolute atomic E-state index is 13.5. The van der Waals surface area contributed by atoms with Crippen LogP contribution in [0.5, 0.6) is 0 Å². The lowest BCUT2D eigenvalue weighted by atomic mass is 9.91. The van der Waals surface area contributed by atoms with Crippen LogP contribution in [0.25, 0.3) is 0 Å². The number of nitrogens with zero attached hydrogens (tertiary/aromatic N) is 2. The SMILES string of the molecule is O=C1CCC(N2C(=O)c3cccc(NCc4ccc(CN5CC(c6cccc(F)c6)C5)cc4)c3C2=O)C(=O)N1. The van der Waals surface area contributed by atoms with Crippen molar-refractivity contribution in [1.82, 2.24) is 15.1 Å². The third-order valence-corrected chi connectivity index (χ3v) is 7.66. The molecule has 3 aromatic carbocycles. The number of halogens is 1. The predicted molar refractivity (Wildman–Crippen MR) is 141 cm³/mol. The van der Waals surface area contributed by atoms with Gasteiger partial charge in [0.15, 0.2) is 0 Å². The van der Waals surface area contributed by atoms with Crippen molar-refractivity contribution in [3.05, 3.63) is 100 Å². The molecule has 3 aliphatic heterocycles. The number of hydrogen-bond acceptors (Lipinski definition) is 6. The van der Waals surface area contributed by atoms with Gasteiger partial charge in [0, 0.05) is 44.2 Å². The van der Waals surface area contributed by atoms with E-state index in [9.17, 15) is 23.6 Å². The fraction of sp³-hybridized carbons (Fsp3) is 0.267. The summed E-state index contributed by atoms with van der Waals surface area (Å²) in [4.78, 5) is 53.4. The van der Waals surface area contributed by atoms with Crippen LogP contribution < -0.4 is 10.6 Å². The molecule has 0 aliphatic carbocycles. The second-order valence-corrected chi connectivity index (χ2v) is 10.3. The smallest absolute Gasteiger partial charge is 0.264 e. The van der Waals surface area contributed by atoms with E-state index in [1.807, 2.05) is 18.2 Å². The minimum absolute atomic E-state index is 0.0796. The largest absolute Gasteiger partial charge is 0.380 e. The van der Waals surface area contributed by atoms with E-state index in [-0.39, 0.29) is 29.8 Å². The van der Waals surface area contributed by atoms with Crippen molar-refractivity contribution >= 4 is 29.3 Å². The number of nitrogens with one attached hydrogen (secondary N) is 2. The Labute approximate surface area is 224 Å². The van der Waals surface area contributed by atoms with Gasteiger partial charge in [0.05, 0.1) is 11.1 Å². The van der Waals surface area contributed by atoms with Crippen LogP contribution in [-0.2, 0) is 22.7 Å². The summed E-state index contributed by atoms with van der Waals surface area (Å²) in [6, 6.07) is 19.0. The van der Waals surface area contributed by atoms with Gasteiger partial charge in [-0.3, -0.25) is 34.3 Å². The van der Waals surface area contributed by atoms with E-state index < -0.39 is 29.7 Å². The molecule has 0 aromatic heterocycles. The average molecular weight is 527 g/mol. The first kappa shape index (κ1) is 24.9. The maximum Gasteiger partial charge on any atom is 0.264 e. The number of benzene rings is 3. The summed E-state index contributed by atoms with van der Waals surface area (Å²) >= 11 is 0. The number of imide groups is 2. The van der Waals surface area contributed by atoms with Gasteiger partial charge in [0.2, 0.25) is 11.8 Å². The average Bonchev–Trinajstić information content (AvgIpc) is 3.15. The molecule has 0 spiro atoms. The molecule has 0 saturated carbocycles. The topological polar surface area (TPSA) is 98.8 Å². The molecule has 2 fully saturated rings. The number of hydrogen-bond donors (Lipinski definition) is 2. The van der Waals surface area contributed by atoms with Crippen LogP contribution in [0.1, 0.15) is 56.2 Å². The van der Waals surface area contributed by atoms with Crippen LogP contribution in [0.2, 0.25) is 0 Å². The summed E-state index contributed by atoms with van der Waals surface area (Å²) in [5, 5.41) is 5.48. The van der Waals surface area contributed by atoms with Crippen LogP contribution in [0.3, 0.4) is 0 Å². The molecule has 9 heteroatoms. The quantitative estimate of drug-likeness (QED) is 0.458. The van der Waals surface area contributed by atoms with Crippen LogP contribution in [0, 0.1) is 5.82 Å². The standard InChI is InChI=1S/C30H27FN4O4/c31-22-4-1-3-20(13-22)21-16-34(17-21)15-19-9-7-18(8-10-19)14-32-24-6-2-5-23-27(24)30(39)35(29(23)38)25-11-12-26(36)33-28(25)37/h1-10,13,21,25,32H,11-12,14-17H2,(H,33,36,37). The Balaban J connectivity index is 1.07. The van der Waals surface area contributed by atoms with Crippen molar-refractivity contribution in [1.29, 1.82) is 0 Å². The number of rotatable bonds is 7. The summed E-state index contributed by atoms with van der Waals surface area (Å²) in [6.45, 7) is 3.06. The lowest BCUT2D eigenvalue weighted by Crippen LogP contribution is -2.54. The summed E-state index contributed by atoms with van der Waals surface area (Å²) in [7, 11) is 0. The molecule has 2 N–H and O–H groups in total. The number of carbonyl (C=O) groups is 4. The first-order chi connectivity index (χ1) is 18.9.